The van der Waals surface area contributed by atoms with Crippen LogP contribution in [-0.4, -0.2) is 24.4 Å². The van der Waals surface area contributed by atoms with Crippen LogP contribution < -0.4 is 4.74 Å². The van der Waals surface area contributed by atoms with Crippen LogP contribution in [0, 0.1) is 10.1 Å². The second-order valence-electron chi connectivity index (χ2n) is 4.32. The van der Waals surface area contributed by atoms with Crippen molar-refractivity contribution in [1.29, 1.82) is 0 Å². The molecule has 6 nitrogen and oxygen atoms in total. The Morgan fingerprint density at radius 3 is 2.52 bits per heavy atom. The van der Waals surface area contributed by atoms with Crippen molar-refractivity contribution in [1.82, 2.24) is 0 Å². The van der Waals surface area contributed by atoms with Crippen LogP contribution in [-0.2, 0) is 4.84 Å². The molecule has 0 bridgehead atoms. The van der Waals surface area contributed by atoms with Crippen LogP contribution in [0.2, 0.25) is 10.0 Å². The molecule has 2 aromatic rings. The standard InChI is InChI=1S/C15H12Cl2N2O4/c16-13-5-2-6-14(17)15(13)22-7-8-23-18-10-11-3-1-4-12(9-11)19(20)21/h1-6,9-10H,7-8H2/b18-10+. The third-order valence-corrected chi connectivity index (χ3v) is 3.29. The van der Waals surface area contributed by atoms with E-state index in [0.717, 1.165) is 0 Å². The van der Waals surface area contributed by atoms with Gasteiger partial charge in [0.25, 0.3) is 5.69 Å². The first kappa shape index (κ1) is 17.1. The molecule has 0 aliphatic rings. The summed E-state index contributed by atoms with van der Waals surface area (Å²) in [4.78, 5) is 15.2. The SMILES string of the molecule is O=[N+]([O-])c1cccc(/C=N/OCCOc2c(Cl)cccc2Cl)c1. The van der Waals surface area contributed by atoms with E-state index < -0.39 is 4.92 Å². The van der Waals surface area contributed by atoms with E-state index >= 15 is 0 Å². The summed E-state index contributed by atoms with van der Waals surface area (Å²) in [6.07, 6.45) is 1.38. The molecule has 0 atom stereocenters. The molecule has 0 spiro atoms. The van der Waals surface area contributed by atoms with Crippen LogP contribution in [0.1, 0.15) is 5.56 Å². The van der Waals surface area contributed by atoms with Crippen LogP contribution in [0.3, 0.4) is 0 Å². The van der Waals surface area contributed by atoms with Gasteiger partial charge in [-0.15, -0.1) is 0 Å². The maximum Gasteiger partial charge on any atom is 0.270 e. The highest BCUT2D eigenvalue weighted by atomic mass is 35.5. The summed E-state index contributed by atoms with van der Waals surface area (Å²) < 4.78 is 5.42. The second-order valence-corrected chi connectivity index (χ2v) is 5.13. The van der Waals surface area contributed by atoms with Crippen molar-refractivity contribution >= 4 is 35.1 Å². The highest BCUT2D eigenvalue weighted by Crippen LogP contribution is 2.32. The fourth-order valence-corrected chi connectivity index (χ4v) is 2.18. The van der Waals surface area contributed by atoms with Crippen molar-refractivity contribution in [3.8, 4) is 5.75 Å². The van der Waals surface area contributed by atoms with Gasteiger partial charge in [-0.2, -0.15) is 0 Å². The van der Waals surface area contributed by atoms with Gasteiger partial charge >= 0.3 is 0 Å². The minimum atomic E-state index is -0.473. The summed E-state index contributed by atoms with van der Waals surface area (Å²) in [5.41, 5.74) is 0.555. The predicted molar refractivity (Wildman–Crippen MR) is 88.6 cm³/mol. The fourth-order valence-electron chi connectivity index (χ4n) is 1.67. The molecule has 0 aromatic heterocycles. The van der Waals surface area contributed by atoms with Gasteiger partial charge in [0.05, 0.1) is 21.2 Å². The number of hydrogen-bond donors (Lipinski definition) is 0. The van der Waals surface area contributed by atoms with Gasteiger partial charge in [0.15, 0.2) is 12.4 Å². The normalized spacial score (nSPS) is 10.7. The summed E-state index contributed by atoms with van der Waals surface area (Å²) in [7, 11) is 0. The number of nitro benzene ring substituents is 1. The molecule has 0 saturated heterocycles. The molecule has 0 N–H and O–H groups in total. The molecule has 0 unspecified atom stereocenters. The third kappa shape index (κ3) is 5.12. The van der Waals surface area contributed by atoms with Gasteiger partial charge in [-0.1, -0.05) is 46.6 Å². The lowest BCUT2D eigenvalue weighted by Crippen LogP contribution is -2.05. The molecule has 0 heterocycles. The first-order valence-corrected chi connectivity index (χ1v) is 7.30. The number of halogens is 2. The summed E-state index contributed by atoms with van der Waals surface area (Å²) in [6.45, 7) is 0.378. The number of oxime groups is 1. The van der Waals surface area contributed by atoms with Crippen LogP contribution in [0.5, 0.6) is 5.75 Å². The number of para-hydroxylation sites is 1. The number of rotatable bonds is 7. The Hall–Kier alpha value is -2.31. The van der Waals surface area contributed by atoms with Crippen LogP contribution in [0.15, 0.2) is 47.6 Å². The van der Waals surface area contributed by atoms with Gasteiger partial charge in [0, 0.05) is 17.7 Å². The Morgan fingerprint density at radius 1 is 1.13 bits per heavy atom. The largest absolute Gasteiger partial charge is 0.487 e. The minimum Gasteiger partial charge on any atom is -0.487 e. The first-order chi connectivity index (χ1) is 11.1. The van der Waals surface area contributed by atoms with Gasteiger partial charge in [0.1, 0.15) is 6.61 Å². The zero-order chi connectivity index (χ0) is 16.7. The average molecular weight is 355 g/mol. The molecule has 0 aliphatic heterocycles. The van der Waals surface area contributed by atoms with E-state index in [-0.39, 0.29) is 18.9 Å². The molecule has 2 aromatic carbocycles. The smallest absolute Gasteiger partial charge is 0.270 e. The number of non-ortho nitro benzene ring substituents is 1. The fraction of sp³-hybridized carbons (Fsp3) is 0.133. The molecule has 0 saturated carbocycles. The predicted octanol–water partition coefficient (Wildman–Crippen LogP) is 4.33. The molecule has 23 heavy (non-hydrogen) atoms. The van der Waals surface area contributed by atoms with E-state index in [4.69, 9.17) is 32.8 Å². The molecule has 8 heteroatoms. The Labute approximate surface area is 142 Å². The van der Waals surface area contributed by atoms with Crippen molar-refractivity contribution in [2.24, 2.45) is 5.16 Å². The average Bonchev–Trinajstić information content (AvgIpc) is 2.53. The quantitative estimate of drug-likeness (QED) is 0.321. The monoisotopic (exact) mass is 354 g/mol. The Kier molecular flexibility index (Phi) is 6.19. The lowest BCUT2D eigenvalue weighted by Gasteiger charge is -2.08. The van der Waals surface area contributed by atoms with E-state index in [1.807, 2.05) is 0 Å². The Morgan fingerprint density at radius 2 is 1.83 bits per heavy atom. The van der Waals surface area contributed by atoms with E-state index in [1.165, 1.54) is 18.3 Å². The maximum absolute atomic E-state index is 10.6. The highest BCUT2D eigenvalue weighted by molar-refractivity contribution is 6.37. The van der Waals surface area contributed by atoms with Crippen molar-refractivity contribution in [3.05, 3.63) is 68.2 Å². The van der Waals surface area contributed by atoms with Gasteiger partial charge in [0.2, 0.25) is 0 Å². The van der Waals surface area contributed by atoms with E-state index in [9.17, 15) is 10.1 Å². The van der Waals surface area contributed by atoms with E-state index in [2.05, 4.69) is 5.16 Å². The van der Waals surface area contributed by atoms with Crippen LogP contribution in [0.4, 0.5) is 5.69 Å². The van der Waals surface area contributed by atoms with Crippen LogP contribution >= 0.6 is 23.2 Å². The van der Waals surface area contributed by atoms with E-state index in [1.54, 1.807) is 30.3 Å². The molecule has 0 amide bonds. The molecule has 0 fully saturated rings. The summed E-state index contributed by atoms with van der Waals surface area (Å²) in [6, 6.07) is 11.1. The van der Waals surface area contributed by atoms with Gasteiger partial charge in [-0.05, 0) is 12.1 Å². The Balaban J connectivity index is 1.79. The molecular formula is C15H12Cl2N2O4. The first-order valence-electron chi connectivity index (χ1n) is 6.54. The minimum absolute atomic E-state index is 0.00866. The molecule has 0 aliphatic carbocycles. The third-order valence-electron chi connectivity index (χ3n) is 2.70. The summed E-state index contributed by atoms with van der Waals surface area (Å²) in [5, 5.41) is 15.2. The zero-order valence-electron chi connectivity index (χ0n) is 11.8. The zero-order valence-corrected chi connectivity index (χ0v) is 13.3. The maximum atomic E-state index is 10.6. The lowest BCUT2D eigenvalue weighted by molar-refractivity contribution is -0.384. The van der Waals surface area contributed by atoms with Crippen molar-refractivity contribution in [2.45, 2.75) is 0 Å². The molecular weight excluding hydrogens is 343 g/mol. The van der Waals surface area contributed by atoms with Gasteiger partial charge in [-0.3, -0.25) is 10.1 Å². The number of nitrogens with zero attached hydrogens (tertiary/aromatic N) is 2. The summed E-state index contributed by atoms with van der Waals surface area (Å²) >= 11 is 11.9. The second kappa shape index (κ2) is 8.36. The molecule has 2 rings (SSSR count). The van der Waals surface area contributed by atoms with Crippen molar-refractivity contribution in [2.75, 3.05) is 13.2 Å². The van der Waals surface area contributed by atoms with E-state index in [0.29, 0.717) is 21.4 Å². The number of ether oxygens (including phenoxy) is 1. The van der Waals surface area contributed by atoms with Crippen molar-refractivity contribution < 1.29 is 14.5 Å². The molecule has 0 radical (unpaired) electrons. The van der Waals surface area contributed by atoms with Gasteiger partial charge < -0.3 is 9.57 Å². The van der Waals surface area contributed by atoms with Crippen LogP contribution in [0.25, 0.3) is 0 Å². The number of nitro groups is 1. The summed E-state index contributed by atoms with van der Waals surface area (Å²) in [5.74, 6) is 0.391. The number of hydrogen-bond acceptors (Lipinski definition) is 5. The van der Waals surface area contributed by atoms with Crippen molar-refractivity contribution in [3.63, 3.8) is 0 Å². The molecule has 120 valence electrons. The highest BCUT2D eigenvalue weighted by Gasteiger charge is 2.06. The Bertz CT molecular complexity index is 702. The number of benzene rings is 2. The van der Waals surface area contributed by atoms with Gasteiger partial charge in [-0.25, -0.2) is 0 Å². The topological polar surface area (TPSA) is 74.0 Å². The lowest BCUT2D eigenvalue weighted by atomic mass is 10.2.